The van der Waals surface area contributed by atoms with E-state index >= 15 is 0 Å². The Labute approximate surface area is 138 Å². The molecule has 0 unspecified atom stereocenters. The third-order valence-corrected chi connectivity index (χ3v) is 3.01. The Hall–Kier alpha value is -2.46. The molecule has 1 atom stereocenters. The van der Waals surface area contributed by atoms with Gasteiger partial charge in [0.1, 0.15) is 0 Å². The lowest BCUT2D eigenvalue weighted by atomic mass is 10.1. The van der Waals surface area contributed by atoms with Crippen molar-refractivity contribution in [3.63, 3.8) is 0 Å². The normalized spacial score (nSPS) is 13.8. The number of halogens is 6. The molecule has 1 rings (SSSR count). The van der Waals surface area contributed by atoms with E-state index in [-0.39, 0.29) is 0 Å². The lowest BCUT2D eigenvalue weighted by Crippen LogP contribution is -2.69. The molecule has 0 heterocycles. The molecule has 0 saturated heterocycles. The van der Waals surface area contributed by atoms with Crippen LogP contribution in [-0.4, -0.2) is 30.3 Å². The summed E-state index contributed by atoms with van der Waals surface area (Å²) in [6.45, 7) is 1.93. The molecule has 1 aromatic carbocycles. The zero-order valence-electron chi connectivity index (χ0n) is 13.1. The first kappa shape index (κ1) is 20.6. The Bertz CT molecular complexity index is 665. The summed E-state index contributed by atoms with van der Waals surface area (Å²) >= 11 is 0. The molecule has 0 spiro atoms. The van der Waals surface area contributed by atoms with E-state index < -0.39 is 59.9 Å². The number of rotatable bonds is 6. The van der Waals surface area contributed by atoms with E-state index in [0.29, 0.717) is 12.1 Å². The van der Waals surface area contributed by atoms with Crippen molar-refractivity contribution in [3.05, 3.63) is 29.6 Å². The molecule has 0 fully saturated rings. The SMILES string of the molecule is CCOC(=O)[C@@](NC(=O)CC)(Nc1ccc(F)c(F)c1F)C(F)(F)F. The number of ether oxygens (including phenoxy) is 1. The lowest BCUT2D eigenvalue weighted by Gasteiger charge is -2.35. The van der Waals surface area contributed by atoms with E-state index in [1.54, 1.807) is 0 Å². The predicted molar refractivity (Wildman–Crippen MR) is 73.8 cm³/mol. The number of hydrogen-bond acceptors (Lipinski definition) is 4. The van der Waals surface area contributed by atoms with E-state index in [0.717, 1.165) is 0 Å². The summed E-state index contributed by atoms with van der Waals surface area (Å²) in [5, 5.41) is 2.79. The van der Waals surface area contributed by atoms with Crippen LogP contribution in [0, 0.1) is 17.5 Å². The molecule has 0 aliphatic rings. The van der Waals surface area contributed by atoms with Crippen LogP contribution in [0.2, 0.25) is 0 Å². The van der Waals surface area contributed by atoms with Crippen LogP contribution in [0.5, 0.6) is 0 Å². The van der Waals surface area contributed by atoms with Crippen LogP contribution in [0.15, 0.2) is 12.1 Å². The molecule has 0 aliphatic carbocycles. The minimum Gasteiger partial charge on any atom is -0.463 e. The van der Waals surface area contributed by atoms with Gasteiger partial charge in [0.25, 0.3) is 0 Å². The fraction of sp³-hybridized carbons (Fsp3) is 0.429. The van der Waals surface area contributed by atoms with Crippen molar-refractivity contribution in [3.8, 4) is 0 Å². The average molecular weight is 372 g/mol. The largest absolute Gasteiger partial charge is 0.463 e. The van der Waals surface area contributed by atoms with E-state index in [1.165, 1.54) is 24.5 Å². The van der Waals surface area contributed by atoms with Gasteiger partial charge in [0, 0.05) is 6.42 Å². The molecule has 0 radical (unpaired) electrons. The van der Waals surface area contributed by atoms with Crippen LogP contribution < -0.4 is 10.6 Å². The zero-order valence-corrected chi connectivity index (χ0v) is 13.1. The number of anilines is 1. The molecule has 0 saturated carbocycles. The van der Waals surface area contributed by atoms with Crippen molar-refractivity contribution in [2.45, 2.75) is 32.1 Å². The monoisotopic (exact) mass is 372 g/mol. The van der Waals surface area contributed by atoms with Crippen molar-refractivity contribution >= 4 is 17.6 Å². The van der Waals surface area contributed by atoms with E-state index in [9.17, 15) is 35.9 Å². The summed E-state index contributed by atoms with van der Waals surface area (Å²) in [5.41, 5.74) is -5.08. The molecule has 11 heteroatoms. The van der Waals surface area contributed by atoms with Gasteiger partial charge in [-0.15, -0.1) is 0 Å². The molecule has 2 N–H and O–H groups in total. The van der Waals surface area contributed by atoms with Crippen LogP contribution >= 0.6 is 0 Å². The van der Waals surface area contributed by atoms with Crippen molar-refractivity contribution in [2.24, 2.45) is 0 Å². The van der Waals surface area contributed by atoms with Crippen LogP contribution in [0.1, 0.15) is 20.3 Å². The highest BCUT2D eigenvalue weighted by Crippen LogP contribution is 2.34. The van der Waals surface area contributed by atoms with Gasteiger partial charge in [-0.3, -0.25) is 4.79 Å². The maximum atomic E-state index is 13.7. The van der Waals surface area contributed by atoms with Gasteiger partial charge in [0.15, 0.2) is 17.5 Å². The Kier molecular flexibility index (Phi) is 6.27. The van der Waals surface area contributed by atoms with Gasteiger partial charge in [-0.25, -0.2) is 18.0 Å². The highest BCUT2D eigenvalue weighted by atomic mass is 19.4. The van der Waals surface area contributed by atoms with Crippen LogP contribution in [0.3, 0.4) is 0 Å². The first-order chi connectivity index (χ1) is 11.5. The first-order valence-corrected chi connectivity index (χ1v) is 6.96. The smallest absolute Gasteiger partial charge is 0.441 e. The molecular formula is C14H14F6N2O3. The predicted octanol–water partition coefficient (Wildman–Crippen LogP) is 2.86. The van der Waals surface area contributed by atoms with Crippen molar-refractivity contribution < 1.29 is 40.7 Å². The number of benzene rings is 1. The molecule has 1 amide bonds. The van der Waals surface area contributed by atoms with Gasteiger partial charge >= 0.3 is 17.8 Å². The lowest BCUT2D eigenvalue weighted by molar-refractivity contribution is -0.207. The summed E-state index contributed by atoms with van der Waals surface area (Å²) in [5.74, 6) is -8.90. The summed E-state index contributed by atoms with van der Waals surface area (Å²) in [4.78, 5) is 23.4. The number of nitrogens with one attached hydrogen (secondary N) is 2. The maximum Gasteiger partial charge on any atom is 0.441 e. The summed E-state index contributed by atoms with van der Waals surface area (Å²) in [7, 11) is 0. The molecule has 1 aromatic rings. The molecule has 5 nitrogen and oxygen atoms in total. The zero-order chi connectivity index (χ0) is 19.4. The number of hydrogen-bond donors (Lipinski definition) is 2. The number of esters is 1. The number of amides is 1. The number of carbonyl (C=O) groups is 2. The Morgan fingerprint density at radius 2 is 1.68 bits per heavy atom. The van der Waals surface area contributed by atoms with Gasteiger partial charge < -0.3 is 15.4 Å². The molecule has 0 aromatic heterocycles. The second-order valence-electron chi connectivity index (χ2n) is 4.72. The summed E-state index contributed by atoms with van der Waals surface area (Å²) < 4.78 is 85.0. The van der Waals surface area contributed by atoms with Crippen molar-refractivity contribution in [1.29, 1.82) is 0 Å². The van der Waals surface area contributed by atoms with Crippen LogP contribution in [0.4, 0.5) is 32.0 Å². The topological polar surface area (TPSA) is 67.4 Å². The van der Waals surface area contributed by atoms with Gasteiger partial charge in [-0.05, 0) is 19.1 Å². The van der Waals surface area contributed by atoms with Gasteiger partial charge in [0.2, 0.25) is 5.91 Å². The van der Waals surface area contributed by atoms with Crippen LogP contribution in [-0.2, 0) is 14.3 Å². The summed E-state index contributed by atoms with van der Waals surface area (Å²) in [6.07, 6.45) is -5.94. The van der Waals surface area contributed by atoms with E-state index in [1.807, 2.05) is 0 Å². The van der Waals surface area contributed by atoms with Crippen molar-refractivity contribution in [2.75, 3.05) is 11.9 Å². The van der Waals surface area contributed by atoms with Crippen molar-refractivity contribution in [1.82, 2.24) is 5.32 Å². The highest BCUT2D eigenvalue weighted by molar-refractivity contribution is 5.91. The molecule has 140 valence electrons. The number of carbonyl (C=O) groups excluding carboxylic acids is 2. The fourth-order valence-electron chi connectivity index (χ4n) is 1.75. The Balaban J connectivity index is 3.51. The number of alkyl halides is 3. The Morgan fingerprint density at radius 1 is 1.08 bits per heavy atom. The standard InChI is InChI=1S/C14H14F6N2O3/c1-3-9(23)22-13(14(18,19)20,12(24)25-4-2)21-8-6-5-7(15)10(16)11(8)17/h5-6,21H,3-4H2,1-2H3,(H,22,23)/t13-/m0/s1. The first-order valence-electron chi connectivity index (χ1n) is 6.96. The second kappa shape index (κ2) is 7.62. The highest BCUT2D eigenvalue weighted by Gasteiger charge is 2.63. The van der Waals surface area contributed by atoms with Gasteiger partial charge in [0.05, 0.1) is 12.3 Å². The summed E-state index contributed by atoms with van der Waals surface area (Å²) in [6, 6.07) is 0.806. The molecule has 0 bridgehead atoms. The van der Waals surface area contributed by atoms with Gasteiger partial charge in [-0.1, -0.05) is 6.92 Å². The third kappa shape index (κ3) is 4.15. The van der Waals surface area contributed by atoms with E-state index in [4.69, 9.17) is 0 Å². The molecular weight excluding hydrogens is 358 g/mol. The van der Waals surface area contributed by atoms with Gasteiger partial charge in [-0.2, -0.15) is 13.2 Å². The third-order valence-electron chi connectivity index (χ3n) is 3.01. The average Bonchev–Trinajstić information content (AvgIpc) is 2.53. The minimum absolute atomic E-state index is 0.356. The Morgan fingerprint density at radius 3 is 2.16 bits per heavy atom. The van der Waals surface area contributed by atoms with E-state index in [2.05, 4.69) is 4.74 Å². The van der Waals surface area contributed by atoms with Crippen LogP contribution in [0.25, 0.3) is 0 Å². The quantitative estimate of drug-likeness (QED) is 0.349. The molecule has 0 aliphatic heterocycles. The molecule has 25 heavy (non-hydrogen) atoms. The minimum atomic E-state index is -5.50. The maximum absolute atomic E-state index is 13.7. The second-order valence-corrected chi connectivity index (χ2v) is 4.72. The fourth-order valence-corrected chi connectivity index (χ4v) is 1.75.